The number of oxazole rings is 1. The minimum atomic E-state index is -1.17. The van der Waals surface area contributed by atoms with Gasteiger partial charge in [0, 0.05) is 23.0 Å². The maximum Gasteiger partial charge on any atom is 0.238 e. The molecule has 4 aromatic rings. The van der Waals surface area contributed by atoms with Crippen molar-refractivity contribution < 1.29 is 28.7 Å². The topological polar surface area (TPSA) is 118 Å². The lowest BCUT2D eigenvalue weighted by atomic mass is 9.47. The van der Waals surface area contributed by atoms with Gasteiger partial charge in [-0.25, -0.2) is 4.98 Å². The maximum absolute atomic E-state index is 14.4. The highest BCUT2D eigenvalue weighted by Gasteiger charge is 2.63. The van der Waals surface area contributed by atoms with Gasteiger partial charge in [0.05, 0.1) is 22.9 Å². The van der Waals surface area contributed by atoms with Gasteiger partial charge < -0.3 is 9.52 Å². The Labute approximate surface area is 277 Å². The lowest BCUT2D eigenvalue weighted by molar-refractivity contribution is -0.141. The third-order valence-electron chi connectivity index (χ3n) is 11.1. The monoisotopic (exact) mass is 638 g/mol. The van der Waals surface area contributed by atoms with Crippen molar-refractivity contribution in [2.45, 2.75) is 39.0 Å². The average Bonchev–Trinajstić information content (AvgIpc) is 3.63. The summed E-state index contributed by atoms with van der Waals surface area (Å²) in [5.41, 5.74) is 3.85. The first-order chi connectivity index (χ1) is 23.1. The molecule has 1 aromatic heterocycles. The molecule has 0 bridgehead atoms. The molecule has 3 aliphatic carbocycles. The van der Waals surface area contributed by atoms with E-state index in [-0.39, 0.29) is 35.6 Å². The van der Waals surface area contributed by atoms with Crippen molar-refractivity contribution in [2.75, 3.05) is 4.90 Å². The quantitative estimate of drug-likeness (QED) is 0.187. The number of rotatable bonds is 5. The highest BCUT2D eigenvalue weighted by molar-refractivity contribution is 6.22. The Balaban J connectivity index is 1.18. The Morgan fingerprint density at radius 3 is 2.52 bits per heavy atom. The number of carbonyl (C=O) groups is 4. The van der Waals surface area contributed by atoms with Gasteiger partial charge in [-0.15, -0.1) is 6.58 Å². The summed E-state index contributed by atoms with van der Waals surface area (Å²) in [6.07, 6.45) is 6.13. The van der Waals surface area contributed by atoms with E-state index < -0.39 is 35.0 Å². The van der Waals surface area contributed by atoms with Crippen LogP contribution < -0.4 is 4.90 Å². The standard InChI is InChI=1S/C40H34N2O6/c1-4-8-22-9-7-10-27(35(22)44)34-25-17-18-26-33(28(25)20-29-31(43)19-21(2)36(45)40(29,34)3)39(47)42(38(26)46)24-15-13-23(14-16-24)37-41-30-11-5-6-12-32(30)48-37/h4-7,9-17,19,26,28-29,33-34,44H,1,8,18,20H2,2-3H3/t26-,28+,29-,33-,34+,40+/m0/s1. The first-order valence-electron chi connectivity index (χ1n) is 16.4. The lowest BCUT2D eigenvalue weighted by Crippen LogP contribution is -2.54. The fourth-order valence-electron chi connectivity index (χ4n) is 8.91. The minimum absolute atomic E-state index is 0.0630. The van der Waals surface area contributed by atoms with Crippen LogP contribution in [0.25, 0.3) is 22.6 Å². The number of aromatic hydroxyl groups is 1. The molecule has 6 atom stereocenters. The largest absolute Gasteiger partial charge is 0.507 e. The summed E-state index contributed by atoms with van der Waals surface area (Å²) >= 11 is 0. The summed E-state index contributed by atoms with van der Waals surface area (Å²) in [6.45, 7) is 7.31. The zero-order valence-electron chi connectivity index (χ0n) is 26.7. The van der Waals surface area contributed by atoms with Gasteiger partial charge in [0.25, 0.3) is 0 Å². The number of anilines is 1. The van der Waals surface area contributed by atoms with Crippen LogP contribution in [0.2, 0.25) is 0 Å². The third kappa shape index (κ3) is 4.17. The van der Waals surface area contributed by atoms with E-state index in [2.05, 4.69) is 11.6 Å². The Morgan fingerprint density at radius 1 is 1.00 bits per heavy atom. The lowest BCUT2D eigenvalue weighted by Gasteiger charge is -2.53. The van der Waals surface area contributed by atoms with Crippen molar-refractivity contribution in [2.24, 2.45) is 29.1 Å². The highest BCUT2D eigenvalue weighted by atomic mass is 16.3. The van der Waals surface area contributed by atoms with E-state index >= 15 is 0 Å². The average molecular weight is 639 g/mol. The minimum Gasteiger partial charge on any atom is -0.507 e. The number of carbonyl (C=O) groups excluding carboxylic acids is 4. The number of hydrogen-bond acceptors (Lipinski definition) is 7. The van der Waals surface area contributed by atoms with Crippen LogP contribution in [0.4, 0.5) is 5.69 Å². The zero-order chi connectivity index (χ0) is 33.5. The number of ketones is 2. The van der Waals surface area contributed by atoms with E-state index in [0.29, 0.717) is 52.3 Å². The smallest absolute Gasteiger partial charge is 0.238 e. The Kier molecular flexibility index (Phi) is 6.77. The Bertz CT molecular complexity index is 2100. The second-order valence-corrected chi connectivity index (χ2v) is 13.6. The number of Topliss-reactive ketones (excluding diaryl/α,β-unsaturated/α-hetero) is 1. The first kappa shape index (κ1) is 30.0. The van der Waals surface area contributed by atoms with Gasteiger partial charge >= 0.3 is 0 Å². The van der Waals surface area contributed by atoms with E-state index in [4.69, 9.17) is 4.42 Å². The van der Waals surface area contributed by atoms with Crippen LogP contribution in [-0.4, -0.2) is 33.5 Å². The molecular weight excluding hydrogens is 604 g/mol. The second kappa shape index (κ2) is 10.8. The first-order valence-corrected chi connectivity index (χ1v) is 16.4. The molecule has 3 aromatic carbocycles. The van der Waals surface area contributed by atoms with E-state index in [1.807, 2.05) is 55.5 Å². The number of benzene rings is 3. The van der Waals surface area contributed by atoms with Crippen molar-refractivity contribution in [3.8, 4) is 17.2 Å². The van der Waals surface area contributed by atoms with Crippen molar-refractivity contribution in [3.63, 3.8) is 0 Å². The molecule has 0 radical (unpaired) electrons. The van der Waals surface area contributed by atoms with Gasteiger partial charge in [0.2, 0.25) is 17.7 Å². The molecule has 1 saturated carbocycles. The molecule has 4 aliphatic rings. The molecule has 2 heterocycles. The van der Waals surface area contributed by atoms with Crippen LogP contribution in [0, 0.1) is 29.1 Å². The fraction of sp³-hybridized carbons (Fsp3) is 0.275. The summed E-state index contributed by atoms with van der Waals surface area (Å²) in [5.74, 6) is -3.51. The summed E-state index contributed by atoms with van der Waals surface area (Å²) in [6, 6.07) is 20.0. The number of fused-ring (bicyclic) bond motifs is 5. The number of aromatic nitrogens is 1. The van der Waals surface area contributed by atoms with E-state index in [1.54, 1.807) is 37.3 Å². The molecule has 8 nitrogen and oxygen atoms in total. The summed E-state index contributed by atoms with van der Waals surface area (Å²) < 4.78 is 5.90. The van der Waals surface area contributed by atoms with E-state index in [9.17, 15) is 24.3 Å². The van der Waals surface area contributed by atoms with Gasteiger partial charge in [-0.2, -0.15) is 0 Å². The van der Waals surface area contributed by atoms with Crippen molar-refractivity contribution in [1.29, 1.82) is 0 Å². The van der Waals surface area contributed by atoms with Crippen molar-refractivity contribution >= 4 is 40.2 Å². The molecule has 1 N–H and O–H groups in total. The number of imide groups is 1. The van der Waals surface area contributed by atoms with Gasteiger partial charge in [-0.1, -0.05) is 55.0 Å². The SMILES string of the molecule is C=CCc1cccc([C@H]2C3=CC[C@@H]4C(=O)N(c5ccc(-c6nc7ccccc7o6)cc5)C(=O)[C@@H]4[C@@H]3C[C@H]3C(=O)C=C(C)C(=O)[C@@]23C)c1O. The molecule has 0 unspecified atom stereocenters. The summed E-state index contributed by atoms with van der Waals surface area (Å²) in [4.78, 5) is 62.0. The third-order valence-corrected chi connectivity index (χ3v) is 11.1. The van der Waals surface area contributed by atoms with Crippen LogP contribution >= 0.6 is 0 Å². The van der Waals surface area contributed by atoms with Crippen molar-refractivity contribution in [3.05, 3.63) is 114 Å². The molecule has 8 heteroatoms. The van der Waals surface area contributed by atoms with Crippen LogP contribution in [0.5, 0.6) is 5.75 Å². The normalized spacial score (nSPS) is 28.1. The van der Waals surface area contributed by atoms with Crippen LogP contribution in [0.3, 0.4) is 0 Å². The van der Waals surface area contributed by atoms with Crippen LogP contribution in [0.1, 0.15) is 43.7 Å². The number of nitrogens with zero attached hydrogens (tertiary/aromatic N) is 2. The van der Waals surface area contributed by atoms with Gasteiger partial charge in [-0.05, 0) is 85.7 Å². The maximum atomic E-state index is 14.4. The van der Waals surface area contributed by atoms with Crippen molar-refractivity contribution in [1.82, 2.24) is 4.98 Å². The zero-order valence-corrected chi connectivity index (χ0v) is 26.7. The number of allylic oxidation sites excluding steroid dienone is 5. The predicted octanol–water partition coefficient (Wildman–Crippen LogP) is 6.89. The van der Waals surface area contributed by atoms with Crippen LogP contribution in [0.15, 0.2) is 107 Å². The molecular formula is C40H34N2O6. The molecule has 1 aliphatic heterocycles. The van der Waals surface area contributed by atoms with E-state index in [1.165, 1.54) is 11.0 Å². The molecule has 2 amide bonds. The number of phenolic OH excluding ortho intramolecular Hbond substituents is 1. The molecule has 2 fully saturated rings. The highest BCUT2D eigenvalue weighted by Crippen LogP contribution is 2.63. The number of amides is 2. The second-order valence-electron chi connectivity index (χ2n) is 13.6. The summed E-state index contributed by atoms with van der Waals surface area (Å²) in [5, 5.41) is 11.6. The van der Waals surface area contributed by atoms with Gasteiger partial charge in [-0.3, -0.25) is 24.1 Å². The molecule has 0 spiro atoms. The van der Waals surface area contributed by atoms with Gasteiger partial charge in [0.1, 0.15) is 11.3 Å². The molecule has 8 rings (SSSR count). The fourth-order valence-corrected chi connectivity index (χ4v) is 8.91. The Hall–Kier alpha value is -5.37. The summed E-state index contributed by atoms with van der Waals surface area (Å²) in [7, 11) is 0. The Morgan fingerprint density at radius 2 is 1.77 bits per heavy atom. The van der Waals surface area contributed by atoms with E-state index in [0.717, 1.165) is 11.1 Å². The molecule has 48 heavy (non-hydrogen) atoms. The van der Waals surface area contributed by atoms with Crippen LogP contribution in [-0.2, 0) is 25.6 Å². The number of hydrogen-bond donors (Lipinski definition) is 1. The number of para-hydroxylation sites is 3. The number of phenols is 1. The molecule has 1 saturated heterocycles. The van der Waals surface area contributed by atoms with Gasteiger partial charge in [0.15, 0.2) is 17.1 Å². The predicted molar refractivity (Wildman–Crippen MR) is 180 cm³/mol. The molecule has 240 valence electrons.